The van der Waals surface area contributed by atoms with Crippen LogP contribution in [0, 0.1) is 6.92 Å². The molecule has 1 N–H and O–H groups in total. The summed E-state index contributed by atoms with van der Waals surface area (Å²) in [5, 5.41) is 3.93. The summed E-state index contributed by atoms with van der Waals surface area (Å²) in [6.07, 6.45) is 1.98. The van der Waals surface area contributed by atoms with Crippen molar-refractivity contribution in [3.05, 3.63) is 51.6 Å². The molecule has 6 heteroatoms. The quantitative estimate of drug-likeness (QED) is 0.745. The molecule has 1 aromatic heterocycles. The maximum Gasteiger partial charge on any atom is 0.228 e. The molecule has 0 spiro atoms. The summed E-state index contributed by atoms with van der Waals surface area (Å²) in [6, 6.07) is 10.5. The lowest BCUT2D eigenvalue weighted by Gasteiger charge is -2.21. The molecule has 4 nitrogen and oxygen atoms in total. The third-order valence-electron chi connectivity index (χ3n) is 4.49. The highest BCUT2D eigenvalue weighted by Gasteiger charge is 2.24. The summed E-state index contributed by atoms with van der Waals surface area (Å²) < 4.78 is 7.00. The van der Waals surface area contributed by atoms with E-state index in [1.54, 1.807) is 0 Å². The normalized spacial score (nSPS) is 13.4. The van der Waals surface area contributed by atoms with Crippen molar-refractivity contribution in [1.29, 1.82) is 0 Å². The molecule has 3 rings (SSSR count). The number of ether oxygens (including phenoxy) is 1. The fourth-order valence-electron chi connectivity index (χ4n) is 2.88. The number of rotatable bonds is 4. The molecule has 1 aliphatic rings. The van der Waals surface area contributed by atoms with Gasteiger partial charge in [-0.25, -0.2) is 4.98 Å². The van der Waals surface area contributed by atoms with E-state index in [4.69, 9.17) is 17.0 Å². The van der Waals surface area contributed by atoms with E-state index in [2.05, 4.69) is 57.4 Å². The van der Waals surface area contributed by atoms with E-state index in [9.17, 15) is 0 Å². The fourth-order valence-corrected chi connectivity index (χ4v) is 3.53. The van der Waals surface area contributed by atoms with Gasteiger partial charge in [0.1, 0.15) is 6.10 Å². The summed E-state index contributed by atoms with van der Waals surface area (Å²) in [7, 11) is 1.96. The van der Waals surface area contributed by atoms with Crippen LogP contribution in [0.1, 0.15) is 23.7 Å². The highest BCUT2D eigenvalue weighted by molar-refractivity contribution is 9.10. The fraction of sp³-hybridized carbons (Fsp3) is 0.368. The van der Waals surface area contributed by atoms with Gasteiger partial charge in [0.2, 0.25) is 5.88 Å². The van der Waals surface area contributed by atoms with Gasteiger partial charge in [-0.1, -0.05) is 24.3 Å². The Morgan fingerprint density at radius 1 is 1.36 bits per heavy atom. The predicted octanol–water partition coefficient (Wildman–Crippen LogP) is 4.35. The molecular weight excluding hydrogens is 398 g/mol. The number of anilines is 1. The number of pyridine rings is 1. The molecule has 0 amide bonds. The second-order valence-electron chi connectivity index (χ2n) is 6.27. The van der Waals surface area contributed by atoms with Crippen molar-refractivity contribution < 1.29 is 4.74 Å². The van der Waals surface area contributed by atoms with Crippen LogP contribution in [0.25, 0.3) is 0 Å². The van der Waals surface area contributed by atoms with Gasteiger partial charge in [0.15, 0.2) is 5.11 Å². The molecule has 0 bridgehead atoms. The number of aryl methyl sites for hydroxylation is 1. The molecule has 0 unspecified atom stereocenters. The van der Waals surface area contributed by atoms with Gasteiger partial charge in [0.25, 0.3) is 0 Å². The molecular formula is C19H22BrN3OS. The van der Waals surface area contributed by atoms with E-state index in [0.717, 1.165) is 35.2 Å². The molecule has 1 heterocycles. The summed E-state index contributed by atoms with van der Waals surface area (Å²) in [4.78, 5) is 6.60. The van der Waals surface area contributed by atoms with Crippen molar-refractivity contribution in [3.8, 4) is 5.88 Å². The highest BCUT2D eigenvalue weighted by Crippen LogP contribution is 2.32. The lowest BCUT2D eigenvalue weighted by molar-refractivity contribution is 0.203. The maximum atomic E-state index is 6.17. The summed E-state index contributed by atoms with van der Waals surface area (Å²) in [5.41, 5.74) is 4.48. The van der Waals surface area contributed by atoms with Crippen LogP contribution in [0.4, 0.5) is 5.69 Å². The van der Waals surface area contributed by atoms with Crippen molar-refractivity contribution in [3.63, 3.8) is 0 Å². The van der Waals surface area contributed by atoms with Crippen LogP contribution in [0.3, 0.4) is 0 Å². The number of thiocarbonyl (C=S) groups is 1. The lowest BCUT2D eigenvalue weighted by atomic mass is 10.1. The van der Waals surface area contributed by atoms with Gasteiger partial charge in [-0.2, -0.15) is 0 Å². The van der Waals surface area contributed by atoms with Gasteiger partial charge >= 0.3 is 0 Å². The first kappa shape index (κ1) is 18.1. The topological polar surface area (TPSA) is 37.4 Å². The van der Waals surface area contributed by atoms with Crippen molar-refractivity contribution in [1.82, 2.24) is 9.88 Å². The first-order valence-corrected chi connectivity index (χ1v) is 9.60. The van der Waals surface area contributed by atoms with Crippen LogP contribution in [0.2, 0.25) is 0 Å². The lowest BCUT2D eigenvalue weighted by Crippen LogP contribution is -2.31. The molecule has 0 radical (unpaired) electrons. The molecule has 0 fully saturated rings. The Hall–Kier alpha value is -1.66. The Kier molecular flexibility index (Phi) is 5.59. The van der Waals surface area contributed by atoms with Gasteiger partial charge in [-0.05, 0) is 59.2 Å². The van der Waals surface area contributed by atoms with Crippen molar-refractivity contribution in [2.24, 2.45) is 0 Å². The van der Waals surface area contributed by atoms with E-state index < -0.39 is 0 Å². The minimum atomic E-state index is 0.131. The van der Waals surface area contributed by atoms with Crippen molar-refractivity contribution in [2.75, 3.05) is 18.9 Å². The Morgan fingerprint density at radius 2 is 2.00 bits per heavy atom. The summed E-state index contributed by atoms with van der Waals surface area (Å²) >= 11 is 8.97. The monoisotopic (exact) mass is 419 g/mol. The SMILES string of the molecule is CCN(C)C(=S)Nc1cc(Br)c(OC2Cc3ccccc3C2)nc1C. The first-order chi connectivity index (χ1) is 12.0. The largest absolute Gasteiger partial charge is 0.473 e. The van der Waals surface area contributed by atoms with Gasteiger partial charge < -0.3 is 15.0 Å². The van der Waals surface area contributed by atoms with E-state index in [0.29, 0.717) is 11.0 Å². The zero-order valence-corrected chi connectivity index (χ0v) is 17.1. The first-order valence-electron chi connectivity index (χ1n) is 8.40. The zero-order chi connectivity index (χ0) is 18.0. The smallest absolute Gasteiger partial charge is 0.228 e. The Morgan fingerprint density at radius 3 is 2.60 bits per heavy atom. The van der Waals surface area contributed by atoms with Gasteiger partial charge in [0.05, 0.1) is 15.9 Å². The molecule has 0 atom stereocenters. The Labute approximate surface area is 162 Å². The Balaban J connectivity index is 1.72. The van der Waals surface area contributed by atoms with E-state index >= 15 is 0 Å². The molecule has 1 aromatic carbocycles. The highest BCUT2D eigenvalue weighted by atomic mass is 79.9. The maximum absolute atomic E-state index is 6.17. The zero-order valence-electron chi connectivity index (χ0n) is 14.7. The molecule has 0 aliphatic heterocycles. The molecule has 25 heavy (non-hydrogen) atoms. The van der Waals surface area contributed by atoms with Crippen LogP contribution in [-0.4, -0.2) is 34.7 Å². The van der Waals surface area contributed by atoms with Crippen LogP contribution >= 0.6 is 28.1 Å². The number of hydrogen-bond donors (Lipinski definition) is 1. The van der Waals surface area contributed by atoms with Gasteiger partial charge in [-0.3, -0.25) is 0 Å². The second-order valence-corrected chi connectivity index (χ2v) is 7.51. The van der Waals surface area contributed by atoms with E-state index in [1.165, 1.54) is 11.1 Å². The minimum absolute atomic E-state index is 0.131. The molecule has 1 aliphatic carbocycles. The summed E-state index contributed by atoms with van der Waals surface area (Å²) in [5.74, 6) is 0.635. The number of fused-ring (bicyclic) bond motifs is 1. The number of nitrogens with zero attached hydrogens (tertiary/aromatic N) is 2. The van der Waals surface area contributed by atoms with E-state index in [1.807, 2.05) is 24.9 Å². The number of nitrogens with one attached hydrogen (secondary N) is 1. The number of benzene rings is 1. The summed E-state index contributed by atoms with van der Waals surface area (Å²) in [6.45, 7) is 4.87. The molecule has 0 saturated carbocycles. The van der Waals surface area contributed by atoms with Gasteiger partial charge in [-0.15, -0.1) is 0 Å². The number of halogens is 1. The van der Waals surface area contributed by atoms with Crippen molar-refractivity contribution in [2.45, 2.75) is 32.8 Å². The molecule has 132 valence electrons. The van der Waals surface area contributed by atoms with Crippen LogP contribution < -0.4 is 10.1 Å². The third-order valence-corrected chi connectivity index (χ3v) is 5.47. The Bertz CT molecular complexity index is 771. The average Bonchev–Trinajstić information content (AvgIpc) is 3.00. The molecule has 0 saturated heterocycles. The van der Waals surface area contributed by atoms with Gasteiger partial charge in [0, 0.05) is 26.4 Å². The van der Waals surface area contributed by atoms with Crippen LogP contribution in [0.15, 0.2) is 34.8 Å². The number of aromatic nitrogens is 1. The van der Waals surface area contributed by atoms with E-state index in [-0.39, 0.29) is 6.10 Å². The standard InChI is InChI=1S/C19H22BrN3OS/c1-4-23(3)19(25)22-17-11-16(20)18(21-12(17)2)24-15-9-13-7-5-6-8-14(13)10-15/h5-8,11,15H,4,9-10H2,1-3H3,(H,22,25). The number of hydrogen-bond acceptors (Lipinski definition) is 3. The average molecular weight is 420 g/mol. The second kappa shape index (κ2) is 7.70. The predicted molar refractivity (Wildman–Crippen MR) is 109 cm³/mol. The van der Waals surface area contributed by atoms with Crippen LogP contribution in [-0.2, 0) is 12.8 Å². The molecule has 2 aromatic rings. The van der Waals surface area contributed by atoms with Crippen molar-refractivity contribution >= 4 is 38.9 Å². The third kappa shape index (κ3) is 4.12. The van der Waals surface area contributed by atoms with Crippen LogP contribution in [0.5, 0.6) is 5.88 Å². The minimum Gasteiger partial charge on any atom is -0.473 e.